The number of carbonyl (C=O) groups excluding carboxylic acids is 2. The van der Waals surface area contributed by atoms with E-state index in [2.05, 4.69) is 4.90 Å². The monoisotopic (exact) mass is 377 g/mol. The zero-order valence-corrected chi connectivity index (χ0v) is 15.7. The second-order valence-corrected chi connectivity index (χ2v) is 7.16. The molecular weight excluding hydrogens is 349 g/mol. The fourth-order valence-electron chi connectivity index (χ4n) is 3.54. The molecule has 2 saturated heterocycles. The van der Waals surface area contributed by atoms with Crippen LogP contribution >= 0.6 is 0 Å². The molecule has 2 aliphatic rings. The lowest BCUT2D eigenvalue weighted by Crippen LogP contribution is -2.50. The lowest BCUT2D eigenvalue weighted by Gasteiger charge is -2.35. The standard InChI is InChI=1S/C20H28FN3O3/c21-17-4-6-18(7-5-17)27-16-20(26)24-14-12-22(13-15-24)11-8-19(25)23-9-2-1-3-10-23/h4-7H,1-3,8-16H2. The second kappa shape index (κ2) is 9.69. The summed E-state index contributed by atoms with van der Waals surface area (Å²) in [6, 6.07) is 5.65. The van der Waals surface area contributed by atoms with Gasteiger partial charge in [-0.3, -0.25) is 14.5 Å². The maximum absolute atomic E-state index is 12.9. The Hall–Kier alpha value is -2.15. The van der Waals surface area contributed by atoms with E-state index in [4.69, 9.17) is 4.74 Å². The average Bonchev–Trinajstić information content (AvgIpc) is 2.72. The highest BCUT2D eigenvalue weighted by molar-refractivity contribution is 5.78. The first-order valence-corrected chi connectivity index (χ1v) is 9.78. The Bertz CT molecular complexity index is 624. The van der Waals surface area contributed by atoms with E-state index in [1.165, 1.54) is 30.7 Å². The summed E-state index contributed by atoms with van der Waals surface area (Å²) in [5, 5.41) is 0. The van der Waals surface area contributed by atoms with Crippen LogP contribution in [-0.4, -0.2) is 78.9 Å². The van der Waals surface area contributed by atoms with Crippen LogP contribution in [0.25, 0.3) is 0 Å². The van der Waals surface area contributed by atoms with E-state index in [-0.39, 0.29) is 24.2 Å². The van der Waals surface area contributed by atoms with Crippen LogP contribution in [0.4, 0.5) is 4.39 Å². The summed E-state index contributed by atoms with van der Waals surface area (Å²) < 4.78 is 18.3. The van der Waals surface area contributed by atoms with Gasteiger partial charge in [0.15, 0.2) is 6.61 Å². The zero-order valence-electron chi connectivity index (χ0n) is 15.7. The number of piperazine rings is 1. The lowest BCUT2D eigenvalue weighted by molar-refractivity contribution is -0.136. The van der Waals surface area contributed by atoms with Gasteiger partial charge in [0, 0.05) is 52.2 Å². The van der Waals surface area contributed by atoms with Crippen molar-refractivity contribution in [2.75, 3.05) is 52.4 Å². The molecule has 0 unspecified atom stereocenters. The number of nitrogens with zero attached hydrogens (tertiary/aromatic N) is 3. The van der Waals surface area contributed by atoms with Gasteiger partial charge in [-0.05, 0) is 43.5 Å². The van der Waals surface area contributed by atoms with Gasteiger partial charge >= 0.3 is 0 Å². The minimum atomic E-state index is -0.330. The Balaban J connectivity index is 1.33. The summed E-state index contributed by atoms with van der Waals surface area (Å²) in [7, 11) is 0. The third kappa shape index (κ3) is 5.92. The minimum absolute atomic E-state index is 0.0426. The van der Waals surface area contributed by atoms with E-state index in [1.807, 2.05) is 4.90 Å². The molecular formula is C20H28FN3O3. The summed E-state index contributed by atoms with van der Waals surface area (Å²) in [5.74, 6) is 0.340. The number of likely N-dealkylation sites (tertiary alicyclic amines) is 1. The number of rotatable bonds is 6. The summed E-state index contributed by atoms with van der Waals surface area (Å²) in [4.78, 5) is 30.5. The Morgan fingerprint density at radius 3 is 2.15 bits per heavy atom. The first kappa shape index (κ1) is 19.6. The molecule has 0 atom stereocenters. The van der Waals surface area contributed by atoms with Crippen molar-refractivity contribution in [1.29, 1.82) is 0 Å². The molecule has 148 valence electrons. The van der Waals surface area contributed by atoms with Crippen molar-refractivity contribution < 1.29 is 18.7 Å². The smallest absolute Gasteiger partial charge is 0.260 e. The average molecular weight is 377 g/mol. The van der Waals surface area contributed by atoms with E-state index in [9.17, 15) is 14.0 Å². The zero-order chi connectivity index (χ0) is 19.1. The highest BCUT2D eigenvalue weighted by atomic mass is 19.1. The van der Waals surface area contributed by atoms with Crippen molar-refractivity contribution in [2.45, 2.75) is 25.7 Å². The molecule has 6 nitrogen and oxygen atoms in total. The summed E-state index contributed by atoms with van der Waals surface area (Å²) in [6.07, 6.45) is 4.02. The second-order valence-electron chi connectivity index (χ2n) is 7.16. The minimum Gasteiger partial charge on any atom is -0.484 e. The number of benzene rings is 1. The first-order chi connectivity index (χ1) is 13.1. The third-order valence-electron chi connectivity index (χ3n) is 5.25. The Labute approximate surface area is 159 Å². The van der Waals surface area contributed by atoms with Gasteiger partial charge in [-0.15, -0.1) is 0 Å². The Morgan fingerprint density at radius 2 is 1.48 bits per heavy atom. The molecule has 0 radical (unpaired) electrons. The highest BCUT2D eigenvalue weighted by Crippen LogP contribution is 2.13. The van der Waals surface area contributed by atoms with Crippen LogP contribution in [0.3, 0.4) is 0 Å². The number of amides is 2. The van der Waals surface area contributed by atoms with Gasteiger partial charge in [-0.1, -0.05) is 0 Å². The first-order valence-electron chi connectivity index (χ1n) is 9.78. The van der Waals surface area contributed by atoms with Gasteiger partial charge in [-0.25, -0.2) is 4.39 Å². The van der Waals surface area contributed by atoms with Gasteiger partial charge < -0.3 is 14.5 Å². The van der Waals surface area contributed by atoms with E-state index in [0.717, 1.165) is 45.6 Å². The molecule has 3 rings (SSSR count). The van der Waals surface area contributed by atoms with Crippen LogP contribution in [0, 0.1) is 5.82 Å². The third-order valence-corrected chi connectivity index (χ3v) is 5.25. The molecule has 2 fully saturated rings. The van der Waals surface area contributed by atoms with Crippen LogP contribution in [0.15, 0.2) is 24.3 Å². The quantitative estimate of drug-likeness (QED) is 0.758. The maximum Gasteiger partial charge on any atom is 0.260 e. The molecule has 2 amide bonds. The largest absolute Gasteiger partial charge is 0.484 e. The molecule has 2 heterocycles. The van der Waals surface area contributed by atoms with Crippen LogP contribution in [0.5, 0.6) is 5.75 Å². The molecule has 7 heteroatoms. The van der Waals surface area contributed by atoms with E-state index in [0.29, 0.717) is 25.3 Å². The van der Waals surface area contributed by atoms with E-state index in [1.54, 1.807) is 4.90 Å². The number of piperidine rings is 1. The van der Waals surface area contributed by atoms with Crippen LogP contribution in [-0.2, 0) is 9.59 Å². The SMILES string of the molecule is O=C(CCN1CCN(C(=O)COc2ccc(F)cc2)CC1)N1CCCCC1. The van der Waals surface area contributed by atoms with E-state index < -0.39 is 0 Å². The molecule has 1 aromatic rings. The lowest BCUT2D eigenvalue weighted by atomic mass is 10.1. The molecule has 2 aliphatic heterocycles. The Kier molecular flexibility index (Phi) is 7.04. The van der Waals surface area contributed by atoms with Gasteiger partial charge in [-0.2, -0.15) is 0 Å². The summed E-state index contributed by atoms with van der Waals surface area (Å²) >= 11 is 0. The summed E-state index contributed by atoms with van der Waals surface area (Å²) in [6.45, 7) is 5.34. The molecule has 0 saturated carbocycles. The van der Waals surface area contributed by atoms with Crippen molar-refractivity contribution in [1.82, 2.24) is 14.7 Å². The fourth-order valence-corrected chi connectivity index (χ4v) is 3.54. The molecule has 27 heavy (non-hydrogen) atoms. The van der Waals surface area contributed by atoms with Crippen molar-refractivity contribution in [3.8, 4) is 5.75 Å². The van der Waals surface area contributed by atoms with Crippen molar-refractivity contribution in [3.63, 3.8) is 0 Å². The number of hydrogen-bond acceptors (Lipinski definition) is 4. The number of hydrogen-bond donors (Lipinski definition) is 0. The topological polar surface area (TPSA) is 53.1 Å². The summed E-state index contributed by atoms with van der Waals surface area (Å²) in [5.41, 5.74) is 0. The molecule has 0 aromatic heterocycles. The van der Waals surface area contributed by atoms with Gasteiger partial charge in [0.25, 0.3) is 5.91 Å². The maximum atomic E-state index is 12.9. The molecule has 0 N–H and O–H groups in total. The predicted octanol–water partition coefficient (Wildman–Crippen LogP) is 1.75. The predicted molar refractivity (Wildman–Crippen MR) is 100.0 cm³/mol. The van der Waals surface area contributed by atoms with Crippen LogP contribution in [0.1, 0.15) is 25.7 Å². The number of halogens is 1. The molecule has 0 aliphatic carbocycles. The number of carbonyl (C=O) groups is 2. The molecule has 0 bridgehead atoms. The van der Waals surface area contributed by atoms with Crippen molar-refractivity contribution in [3.05, 3.63) is 30.1 Å². The van der Waals surface area contributed by atoms with E-state index >= 15 is 0 Å². The number of ether oxygens (including phenoxy) is 1. The van der Waals surface area contributed by atoms with Crippen molar-refractivity contribution in [2.24, 2.45) is 0 Å². The van der Waals surface area contributed by atoms with Gasteiger partial charge in [0.2, 0.25) is 5.91 Å². The molecule has 1 aromatic carbocycles. The highest BCUT2D eigenvalue weighted by Gasteiger charge is 2.23. The van der Waals surface area contributed by atoms with Gasteiger partial charge in [0.05, 0.1) is 0 Å². The van der Waals surface area contributed by atoms with Crippen LogP contribution in [0.2, 0.25) is 0 Å². The fraction of sp³-hybridized carbons (Fsp3) is 0.600. The Morgan fingerprint density at radius 1 is 0.852 bits per heavy atom. The van der Waals surface area contributed by atoms with Crippen molar-refractivity contribution >= 4 is 11.8 Å². The normalized spacial score (nSPS) is 18.4. The van der Waals surface area contributed by atoms with Crippen LogP contribution < -0.4 is 4.74 Å². The molecule has 0 spiro atoms. The van der Waals surface area contributed by atoms with Gasteiger partial charge in [0.1, 0.15) is 11.6 Å².